The topological polar surface area (TPSA) is 158 Å². The Labute approximate surface area is 209 Å². The van der Waals surface area contributed by atoms with Crippen LogP contribution in [0.4, 0.5) is 20.8 Å². The van der Waals surface area contributed by atoms with Gasteiger partial charge in [0.05, 0.1) is 13.0 Å². The highest BCUT2D eigenvalue weighted by molar-refractivity contribution is 5.85. The predicted molar refractivity (Wildman–Crippen MR) is 130 cm³/mol. The van der Waals surface area contributed by atoms with Gasteiger partial charge in [0, 0.05) is 19.6 Å². The van der Waals surface area contributed by atoms with Crippen molar-refractivity contribution < 1.29 is 28.6 Å². The van der Waals surface area contributed by atoms with E-state index in [2.05, 4.69) is 31.5 Å². The number of nitrogens with one attached hydrogen (secondary N) is 4. The van der Waals surface area contributed by atoms with Crippen molar-refractivity contribution in [2.45, 2.75) is 64.3 Å². The minimum absolute atomic E-state index is 0.0570. The Morgan fingerprint density at radius 3 is 2.42 bits per heavy atom. The van der Waals surface area contributed by atoms with Gasteiger partial charge in [0.25, 0.3) is 0 Å². The van der Waals surface area contributed by atoms with Gasteiger partial charge in [0.1, 0.15) is 6.04 Å². The molecule has 2 atom stereocenters. The second kappa shape index (κ2) is 13.1. The van der Waals surface area contributed by atoms with Gasteiger partial charge >= 0.3 is 12.1 Å². The van der Waals surface area contributed by atoms with E-state index in [1.54, 1.807) is 4.90 Å². The Balaban J connectivity index is 1.70. The molecule has 2 fully saturated rings. The summed E-state index contributed by atoms with van der Waals surface area (Å²) in [4.78, 5) is 46.3. The van der Waals surface area contributed by atoms with Crippen LogP contribution in [0.2, 0.25) is 0 Å². The van der Waals surface area contributed by atoms with Gasteiger partial charge in [0.15, 0.2) is 11.6 Å². The average Bonchev–Trinajstić information content (AvgIpc) is 3.59. The molecule has 0 aromatic carbocycles. The molecule has 2 aliphatic rings. The lowest BCUT2D eigenvalue weighted by atomic mass is 9.92. The summed E-state index contributed by atoms with van der Waals surface area (Å²) in [5, 5.41) is 14.1. The van der Waals surface area contributed by atoms with E-state index in [0.717, 1.165) is 38.5 Å². The third kappa shape index (κ3) is 7.31. The molecule has 1 aliphatic carbocycles. The van der Waals surface area contributed by atoms with Crippen molar-refractivity contribution in [1.29, 1.82) is 0 Å². The third-order valence-corrected chi connectivity index (χ3v) is 6.72. The number of carbonyl (C=O) groups excluding carboxylic acids is 2. The van der Waals surface area contributed by atoms with Gasteiger partial charge in [-0.05, 0) is 31.6 Å². The first-order valence-electron chi connectivity index (χ1n) is 12.5. The van der Waals surface area contributed by atoms with Crippen LogP contribution < -0.4 is 26.2 Å². The van der Waals surface area contributed by atoms with Crippen LogP contribution in [0.5, 0.6) is 6.01 Å². The number of ether oxygens (including phenoxy) is 1. The van der Waals surface area contributed by atoms with Gasteiger partial charge in [-0.25, -0.2) is 4.79 Å². The molecule has 36 heavy (non-hydrogen) atoms. The molecule has 1 aromatic rings. The molecule has 0 radical (unpaired) electrons. The fourth-order valence-corrected chi connectivity index (χ4v) is 4.72. The van der Waals surface area contributed by atoms with Gasteiger partial charge in [-0.3, -0.25) is 20.4 Å². The van der Waals surface area contributed by atoms with Crippen molar-refractivity contribution >= 4 is 29.5 Å². The summed E-state index contributed by atoms with van der Waals surface area (Å²) in [6.07, 6.45) is 5.76. The Morgan fingerprint density at radius 1 is 1.14 bits per heavy atom. The number of anilines is 2. The van der Waals surface area contributed by atoms with Gasteiger partial charge in [0.2, 0.25) is 17.6 Å². The van der Waals surface area contributed by atoms with Gasteiger partial charge in [-0.15, -0.1) is 0 Å². The highest BCUT2D eigenvalue weighted by Crippen LogP contribution is 2.30. The van der Waals surface area contributed by atoms with Crippen molar-refractivity contribution in [3.63, 3.8) is 0 Å². The molecule has 1 saturated carbocycles. The maximum atomic E-state index is 15.3. The quantitative estimate of drug-likeness (QED) is 0.267. The summed E-state index contributed by atoms with van der Waals surface area (Å²) >= 11 is 0. The maximum Gasteiger partial charge on any atom is 0.404 e. The number of halogens is 1. The Morgan fingerprint density at radius 2 is 1.81 bits per heavy atom. The standard InChI is InChI=1S/C23H36FN7O5/c1-3-16(21(33)31-10-6-7-11-31)26-18-17(24)19(28-22(27-18)36-2)29-30-20(32)15(13-25-23(34)35)12-14-8-4-5-9-14/h14-16,25H,3-13H2,1-2H3,(H,30,32)(H,34,35)(H2,26,27,28,29)/t15-,16+/m1/s1. The summed E-state index contributed by atoms with van der Waals surface area (Å²) in [5.41, 5.74) is 4.92. The normalized spacial score (nSPS) is 17.4. The van der Waals surface area contributed by atoms with Crippen LogP contribution in [0.25, 0.3) is 0 Å². The molecule has 13 heteroatoms. The molecule has 0 unspecified atom stereocenters. The van der Waals surface area contributed by atoms with E-state index in [9.17, 15) is 14.4 Å². The number of likely N-dealkylation sites (tertiary alicyclic amines) is 1. The fraction of sp³-hybridized carbons (Fsp3) is 0.696. The van der Waals surface area contributed by atoms with Crippen LogP contribution in [0.15, 0.2) is 0 Å². The first kappa shape index (κ1) is 27.2. The van der Waals surface area contributed by atoms with Crippen molar-refractivity contribution in [2.24, 2.45) is 11.8 Å². The average molecular weight is 510 g/mol. The Kier molecular flexibility index (Phi) is 9.88. The number of amides is 3. The highest BCUT2D eigenvalue weighted by atomic mass is 19.1. The number of nitrogens with zero attached hydrogens (tertiary/aromatic N) is 3. The van der Waals surface area contributed by atoms with Crippen LogP contribution in [0.3, 0.4) is 0 Å². The first-order chi connectivity index (χ1) is 17.3. The minimum Gasteiger partial charge on any atom is -0.467 e. The van der Waals surface area contributed by atoms with Crippen LogP contribution in [-0.2, 0) is 9.59 Å². The van der Waals surface area contributed by atoms with Crippen molar-refractivity contribution in [3.8, 4) is 6.01 Å². The first-order valence-corrected chi connectivity index (χ1v) is 12.5. The van der Waals surface area contributed by atoms with E-state index in [4.69, 9.17) is 9.84 Å². The lowest BCUT2D eigenvalue weighted by molar-refractivity contribution is -0.131. The number of carbonyl (C=O) groups is 3. The van der Waals surface area contributed by atoms with Gasteiger partial charge in [-0.1, -0.05) is 32.6 Å². The van der Waals surface area contributed by atoms with E-state index in [-0.39, 0.29) is 30.1 Å². The third-order valence-electron chi connectivity index (χ3n) is 6.72. The predicted octanol–water partition coefficient (Wildman–Crippen LogP) is 2.34. The molecule has 3 amide bonds. The zero-order chi connectivity index (χ0) is 26.1. The molecule has 0 spiro atoms. The Bertz CT molecular complexity index is 922. The monoisotopic (exact) mass is 509 g/mol. The number of hydrogen-bond donors (Lipinski definition) is 5. The lowest BCUT2D eigenvalue weighted by Gasteiger charge is -2.24. The van der Waals surface area contributed by atoms with E-state index < -0.39 is 29.8 Å². The summed E-state index contributed by atoms with van der Waals surface area (Å²) in [6.45, 7) is 3.10. The molecule has 12 nitrogen and oxygen atoms in total. The summed E-state index contributed by atoms with van der Waals surface area (Å²) in [6, 6.07) is -0.841. The van der Waals surface area contributed by atoms with E-state index in [1.807, 2.05) is 6.92 Å². The number of carboxylic acid groups (broad SMARTS) is 1. The second-order valence-electron chi connectivity index (χ2n) is 9.24. The maximum absolute atomic E-state index is 15.3. The molecule has 1 saturated heterocycles. The van der Waals surface area contributed by atoms with Gasteiger partial charge < -0.3 is 25.4 Å². The van der Waals surface area contributed by atoms with Crippen molar-refractivity contribution in [3.05, 3.63) is 5.82 Å². The molecule has 0 bridgehead atoms. The summed E-state index contributed by atoms with van der Waals surface area (Å²) in [7, 11) is 1.32. The van der Waals surface area contributed by atoms with E-state index in [0.29, 0.717) is 31.8 Å². The van der Waals surface area contributed by atoms with Crippen LogP contribution in [0.1, 0.15) is 58.3 Å². The van der Waals surface area contributed by atoms with Crippen LogP contribution in [0, 0.1) is 17.7 Å². The fourth-order valence-electron chi connectivity index (χ4n) is 4.72. The van der Waals surface area contributed by atoms with Crippen molar-refractivity contribution in [2.75, 3.05) is 37.5 Å². The summed E-state index contributed by atoms with van der Waals surface area (Å²) in [5.74, 6) is -2.38. The SMILES string of the molecule is CC[C@H](Nc1nc(OC)nc(NNC(=O)[C@@H](CNC(=O)O)CC2CCCC2)c1F)C(=O)N1CCCC1. The molecule has 2 heterocycles. The minimum atomic E-state index is -1.22. The van der Waals surface area contributed by atoms with Gasteiger partial charge in [-0.2, -0.15) is 14.4 Å². The zero-order valence-electron chi connectivity index (χ0n) is 20.8. The number of hydrazine groups is 1. The molecule has 5 N–H and O–H groups in total. The van der Waals surface area contributed by atoms with E-state index >= 15 is 4.39 Å². The largest absolute Gasteiger partial charge is 0.467 e. The number of methoxy groups -OCH3 is 1. The highest BCUT2D eigenvalue weighted by Gasteiger charge is 2.29. The molecular weight excluding hydrogens is 473 g/mol. The molecule has 3 rings (SSSR count). The van der Waals surface area contributed by atoms with Crippen molar-refractivity contribution in [1.82, 2.24) is 25.6 Å². The van der Waals surface area contributed by atoms with Crippen LogP contribution >= 0.6 is 0 Å². The Hall–Kier alpha value is -3.38. The number of hydrogen-bond acceptors (Lipinski definition) is 8. The molecule has 200 valence electrons. The molecule has 1 aromatic heterocycles. The lowest BCUT2D eigenvalue weighted by Crippen LogP contribution is -2.42. The summed E-state index contributed by atoms with van der Waals surface area (Å²) < 4.78 is 20.4. The zero-order valence-corrected chi connectivity index (χ0v) is 20.8. The number of rotatable bonds is 12. The smallest absolute Gasteiger partial charge is 0.404 e. The van der Waals surface area contributed by atoms with Crippen LogP contribution in [-0.4, -0.2) is 70.7 Å². The van der Waals surface area contributed by atoms with E-state index in [1.165, 1.54) is 7.11 Å². The molecule has 1 aliphatic heterocycles. The number of aromatic nitrogens is 2. The second-order valence-corrected chi connectivity index (χ2v) is 9.24. The molecular formula is C23H36FN7O5.